The van der Waals surface area contributed by atoms with Gasteiger partial charge in [0.15, 0.2) is 5.69 Å². The van der Waals surface area contributed by atoms with Gasteiger partial charge in [0.05, 0.1) is 22.8 Å². The van der Waals surface area contributed by atoms with Crippen molar-refractivity contribution in [1.82, 2.24) is 24.8 Å². The molecule has 1 N–H and O–H groups in total. The van der Waals surface area contributed by atoms with Gasteiger partial charge in [-0.3, -0.25) is 4.79 Å². The van der Waals surface area contributed by atoms with E-state index >= 15 is 0 Å². The molecule has 0 saturated carbocycles. The molecule has 2 aromatic heterocycles. The molecule has 29 heavy (non-hydrogen) atoms. The van der Waals surface area contributed by atoms with Crippen molar-refractivity contribution in [2.24, 2.45) is 0 Å². The largest absolute Gasteiger partial charge is 0.305 e. The third-order valence-electron chi connectivity index (χ3n) is 4.31. The molecular weight excluding hydrogens is 439 g/mol. The fraction of sp³-hybridized carbons (Fsp3) is 0.100. The van der Waals surface area contributed by atoms with Crippen molar-refractivity contribution in [3.05, 3.63) is 82.0 Å². The number of amides is 1. The van der Waals surface area contributed by atoms with Crippen LogP contribution in [0.4, 0.5) is 10.2 Å². The Labute approximate surface area is 174 Å². The van der Waals surface area contributed by atoms with E-state index in [4.69, 9.17) is 0 Å². The first-order chi connectivity index (χ1) is 13.9. The molecular formula is C20H16BrFN6O. The fourth-order valence-electron chi connectivity index (χ4n) is 2.94. The van der Waals surface area contributed by atoms with E-state index in [1.807, 2.05) is 31.2 Å². The highest BCUT2D eigenvalue weighted by Crippen LogP contribution is 2.20. The molecule has 0 aliphatic rings. The number of nitrogens with zero attached hydrogens (tertiary/aromatic N) is 5. The maximum Gasteiger partial charge on any atom is 0.279 e. The van der Waals surface area contributed by atoms with Gasteiger partial charge < -0.3 is 5.32 Å². The quantitative estimate of drug-likeness (QED) is 0.500. The summed E-state index contributed by atoms with van der Waals surface area (Å²) in [6.45, 7) is 3.59. The monoisotopic (exact) mass is 454 g/mol. The van der Waals surface area contributed by atoms with E-state index in [1.165, 1.54) is 12.1 Å². The Hall–Kier alpha value is -3.33. The fourth-order valence-corrected chi connectivity index (χ4v) is 3.32. The summed E-state index contributed by atoms with van der Waals surface area (Å²) in [5.41, 5.74) is 2.93. The van der Waals surface area contributed by atoms with E-state index < -0.39 is 5.91 Å². The van der Waals surface area contributed by atoms with Crippen molar-refractivity contribution in [2.45, 2.75) is 13.8 Å². The number of aryl methyl sites for hydroxylation is 1. The van der Waals surface area contributed by atoms with E-state index in [0.717, 1.165) is 10.2 Å². The van der Waals surface area contributed by atoms with E-state index in [1.54, 1.807) is 34.5 Å². The van der Waals surface area contributed by atoms with Gasteiger partial charge in [0.1, 0.15) is 11.6 Å². The van der Waals surface area contributed by atoms with Gasteiger partial charge in [-0.15, -0.1) is 5.10 Å². The number of hydrogen-bond donors (Lipinski definition) is 1. The molecule has 9 heteroatoms. The Bertz CT molecular complexity index is 1200. The second kappa shape index (κ2) is 7.59. The lowest BCUT2D eigenvalue weighted by Crippen LogP contribution is -2.17. The van der Waals surface area contributed by atoms with Crippen LogP contribution >= 0.6 is 15.9 Å². The Kier molecular flexibility index (Phi) is 4.98. The lowest BCUT2D eigenvalue weighted by atomic mass is 10.3. The standard InChI is InChI=1S/C20H16BrFN6O/c1-12-10-18(28(25-12)16-8-6-15(22)7-9-16)23-20(29)19-13(2)27(26-24-19)17-5-3-4-14(21)11-17/h3-11H,1-2H3,(H,23,29). The molecule has 0 bridgehead atoms. The third-order valence-corrected chi connectivity index (χ3v) is 4.80. The molecule has 2 aromatic carbocycles. The highest BCUT2D eigenvalue weighted by atomic mass is 79.9. The van der Waals surface area contributed by atoms with Gasteiger partial charge in [-0.05, 0) is 56.3 Å². The Morgan fingerprint density at radius 1 is 1.03 bits per heavy atom. The molecule has 0 aliphatic carbocycles. The Morgan fingerprint density at radius 3 is 2.52 bits per heavy atom. The Morgan fingerprint density at radius 2 is 1.79 bits per heavy atom. The van der Waals surface area contributed by atoms with Crippen LogP contribution < -0.4 is 5.32 Å². The minimum absolute atomic E-state index is 0.203. The van der Waals surface area contributed by atoms with Gasteiger partial charge in [-0.1, -0.05) is 27.2 Å². The topological polar surface area (TPSA) is 77.6 Å². The van der Waals surface area contributed by atoms with Crippen LogP contribution in [0.5, 0.6) is 0 Å². The summed E-state index contributed by atoms with van der Waals surface area (Å²) in [6, 6.07) is 15.1. The zero-order chi connectivity index (χ0) is 20.5. The summed E-state index contributed by atoms with van der Waals surface area (Å²) in [4.78, 5) is 12.9. The Balaban J connectivity index is 1.64. The van der Waals surface area contributed by atoms with Crippen LogP contribution in [0.3, 0.4) is 0 Å². The molecule has 0 spiro atoms. The lowest BCUT2D eigenvalue weighted by molar-refractivity contribution is 0.102. The first-order valence-corrected chi connectivity index (χ1v) is 9.54. The number of anilines is 1. The predicted molar refractivity (Wildman–Crippen MR) is 110 cm³/mol. The van der Waals surface area contributed by atoms with Crippen molar-refractivity contribution >= 4 is 27.7 Å². The van der Waals surface area contributed by atoms with E-state index in [2.05, 4.69) is 36.7 Å². The van der Waals surface area contributed by atoms with Gasteiger partial charge in [0, 0.05) is 10.5 Å². The maximum atomic E-state index is 13.2. The molecule has 0 fully saturated rings. The van der Waals surface area contributed by atoms with Crippen molar-refractivity contribution in [1.29, 1.82) is 0 Å². The number of rotatable bonds is 4. The summed E-state index contributed by atoms with van der Waals surface area (Å²) in [6.07, 6.45) is 0. The van der Waals surface area contributed by atoms with Gasteiger partial charge >= 0.3 is 0 Å². The van der Waals surface area contributed by atoms with Crippen LogP contribution in [0.25, 0.3) is 11.4 Å². The number of halogens is 2. The average Bonchev–Trinajstić information content (AvgIpc) is 3.25. The number of aromatic nitrogens is 5. The van der Waals surface area contributed by atoms with Crippen LogP contribution in [0, 0.1) is 19.7 Å². The van der Waals surface area contributed by atoms with E-state index in [0.29, 0.717) is 22.9 Å². The lowest BCUT2D eigenvalue weighted by Gasteiger charge is -2.08. The van der Waals surface area contributed by atoms with Crippen LogP contribution in [-0.4, -0.2) is 30.7 Å². The van der Waals surface area contributed by atoms with Crippen LogP contribution in [0.15, 0.2) is 59.1 Å². The van der Waals surface area contributed by atoms with Gasteiger partial charge in [0.2, 0.25) is 0 Å². The second-order valence-corrected chi connectivity index (χ2v) is 7.34. The van der Waals surface area contributed by atoms with E-state index in [-0.39, 0.29) is 11.5 Å². The minimum atomic E-state index is -0.410. The van der Waals surface area contributed by atoms with Crippen LogP contribution in [0.2, 0.25) is 0 Å². The molecule has 1 amide bonds. The summed E-state index contributed by atoms with van der Waals surface area (Å²) < 4.78 is 17.3. The summed E-state index contributed by atoms with van der Waals surface area (Å²) in [5.74, 6) is -0.300. The highest BCUT2D eigenvalue weighted by Gasteiger charge is 2.20. The molecule has 0 radical (unpaired) electrons. The second-order valence-electron chi connectivity index (χ2n) is 6.43. The molecule has 0 unspecified atom stereocenters. The molecule has 0 atom stereocenters. The predicted octanol–water partition coefficient (Wildman–Crippen LogP) is 4.22. The van der Waals surface area contributed by atoms with Crippen molar-refractivity contribution < 1.29 is 9.18 Å². The highest BCUT2D eigenvalue weighted by molar-refractivity contribution is 9.10. The normalized spacial score (nSPS) is 10.9. The number of carbonyl (C=O) groups is 1. The average molecular weight is 455 g/mol. The third kappa shape index (κ3) is 3.81. The van der Waals surface area contributed by atoms with Crippen LogP contribution in [-0.2, 0) is 0 Å². The van der Waals surface area contributed by atoms with E-state index in [9.17, 15) is 9.18 Å². The summed E-state index contributed by atoms with van der Waals surface area (Å²) in [7, 11) is 0. The van der Waals surface area contributed by atoms with Crippen LogP contribution in [0.1, 0.15) is 21.9 Å². The molecule has 146 valence electrons. The number of nitrogens with one attached hydrogen (secondary N) is 1. The number of hydrogen-bond acceptors (Lipinski definition) is 4. The minimum Gasteiger partial charge on any atom is -0.305 e. The van der Waals surface area contributed by atoms with Gasteiger partial charge in [-0.25, -0.2) is 13.8 Å². The molecule has 4 aromatic rings. The summed E-state index contributed by atoms with van der Waals surface area (Å²) in [5, 5.41) is 15.3. The van der Waals surface area contributed by atoms with Crippen molar-refractivity contribution in [3.63, 3.8) is 0 Å². The maximum absolute atomic E-state index is 13.2. The number of carbonyl (C=O) groups excluding carboxylic acids is 1. The smallest absolute Gasteiger partial charge is 0.279 e. The van der Waals surface area contributed by atoms with Crippen molar-refractivity contribution in [3.8, 4) is 11.4 Å². The summed E-state index contributed by atoms with van der Waals surface area (Å²) >= 11 is 3.43. The molecule has 0 aliphatic heterocycles. The SMILES string of the molecule is Cc1cc(NC(=O)c2nnn(-c3cccc(Br)c3)c2C)n(-c2ccc(F)cc2)n1. The van der Waals surface area contributed by atoms with Gasteiger partial charge in [-0.2, -0.15) is 5.10 Å². The molecule has 7 nitrogen and oxygen atoms in total. The first kappa shape index (κ1) is 19.0. The molecule has 2 heterocycles. The van der Waals surface area contributed by atoms with Crippen molar-refractivity contribution in [2.75, 3.05) is 5.32 Å². The molecule has 0 saturated heterocycles. The van der Waals surface area contributed by atoms with Gasteiger partial charge in [0.25, 0.3) is 5.91 Å². The zero-order valence-electron chi connectivity index (χ0n) is 15.6. The molecule has 4 rings (SSSR count). The number of benzene rings is 2. The first-order valence-electron chi connectivity index (χ1n) is 8.74. The zero-order valence-corrected chi connectivity index (χ0v) is 17.2.